The predicted octanol–water partition coefficient (Wildman–Crippen LogP) is 4.50. The molecule has 2 aromatic carbocycles. The number of anilines is 2. The molecule has 0 bridgehead atoms. The summed E-state index contributed by atoms with van der Waals surface area (Å²) >= 11 is 16.8. The Bertz CT molecular complexity index is 463. The fraction of sp³-hybridized carbons (Fsp3) is 0. The molecule has 0 spiro atoms. The molecule has 0 aliphatic heterocycles. The quantitative estimate of drug-likeness (QED) is 0.702. The summed E-state index contributed by atoms with van der Waals surface area (Å²) in [5.41, 5.74) is 12.0. The van der Waals surface area contributed by atoms with Gasteiger partial charge in [0, 0.05) is 10.7 Å². The van der Waals surface area contributed by atoms with Crippen LogP contribution in [0, 0.1) is 0 Å². The molecule has 0 aliphatic carbocycles. The van der Waals surface area contributed by atoms with Gasteiger partial charge in [-0.3, -0.25) is 0 Å². The van der Waals surface area contributed by atoms with E-state index in [1.807, 2.05) is 30.3 Å². The second kappa shape index (κ2) is 6.60. The molecule has 0 aliphatic rings. The summed E-state index contributed by atoms with van der Waals surface area (Å²) in [6, 6.07) is 12.6. The van der Waals surface area contributed by atoms with Crippen molar-refractivity contribution in [2.75, 3.05) is 11.5 Å². The van der Waals surface area contributed by atoms with Crippen LogP contribution in [0.4, 0.5) is 11.4 Å². The molecule has 90 valence electrons. The van der Waals surface area contributed by atoms with Gasteiger partial charge >= 0.3 is 0 Å². The highest BCUT2D eigenvalue weighted by Crippen LogP contribution is 2.30. The Hall–Kier alpha value is -1.09. The summed E-state index contributed by atoms with van der Waals surface area (Å²) in [5, 5.41) is 1.26. The van der Waals surface area contributed by atoms with Gasteiger partial charge in [0.15, 0.2) is 0 Å². The number of para-hydroxylation sites is 1. The SMILES string of the molecule is Nc1c(Cl)cc(Cl)cc1Cl.Nc1ccccc1. The number of nitrogens with two attached hydrogens (primary N) is 2. The number of benzene rings is 2. The molecule has 2 aromatic rings. The Morgan fingerprint density at radius 1 is 0.765 bits per heavy atom. The monoisotopic (exact) mass is 288 g/mol. The van der Waals surface area contributed by atoms with Crippen LogP contribution in [-0.4, -0.2) is 0 Å². The van der Waals surface area contributed by atoms with Gasteiger partial charge in [-0.2, -0.15) is 0 Å². The van der Waals surface area contributed by atoms with Gasteiger partial charge in [0.05, 0.1) is 15.7 Å². The maximum Gasteiger partial charge on any atom is 0.0693 e. The van der Waals surface area contributed by atoms with Crippen LogP contribution in [0.2, 0.25) is 15.1 Å². The highest BCUT2D eigenvalue weighted by Gasteiger charge is 2.01. The van der Waals surface area contributed by atoms with Gasteiger partial charge in [-0.05, 0) is 24.3 Å². The normalized spacial score (nSPS) is 9.35. The lowest BCUT2D eigenvalue weighted by molar-refractivity contribution is 1.68. The van der Waals surface area contributed by atoms with Crippen molar-refractivity contribution in [1.29, 1.82) is 0 Å². The van der Waals surface area contributed by atoms with E-state index in [1.54, 1.807) is 12.1 Å². The number of rotatable bonds is 0. The van der Waals surface area contributed by atoms with E-state index in [-0.39, 0.29) is 0 Å². The lowest BCUT2D eigenvalue weighted by Gasteiger charge is -1.99. The highest BCUT2D eigenvalue weighted by molar-refractivity contribution is 6.41. The first-order chi connectivity index (χ1) is 8.00. The molecule has 0 amide bonds. The van der Waals surface area contributed by atoms with Crippen molar-refractivity contribution in [2.24, 2.45) is 0 Å². The van der Waals surface area contributed by atoms with Crippen molar-refractivity contribution in [3.8, 4) is 0 Å². The molecule has 0 atom stereocenters. The maximum atomic E-state index is 5.63. The fourth-order valence-electron chi connectivity index (χ4n) is 1.01. The molecule has 0 saturated heterocycles. The van der Waals surface area contributed by atoms with Crippen LogP contribution in [0.3, 0.4) is 0 Å². The molecule has 0 heterocycles. The van der Waals surface area contributed by atoms with Crippen LogP contribution >= 0.6 is 34.8 Å². The van der Waals surface area contributed by atoms with E-state index in [0.29, 0.717) is 20.8 Å². The predicted molar refractivity (Wildman–Crippen MR) is 76.7 cm³/mol. The van der Waals surface area contributed by atoms with E-state index < -0.39 is 0 Å². The summed E-state index contributed by atoms with van der Waals surface area (Å²) in [7, 11) is 0. The van der Waals surface area contributed by atoms with Crippen LogP contribution in [0.5, 0.6) is 0 Å². The van der Waals surface area contributed by atoms with Gasteiger partial charge in [0.1, 0.15) is 0 Å². The van der Waals surface area contributed by atoms with Gasteiger partial charge in [0.2, 0.25) is 0 Å². The minimum atomic E-state index is 0.368. The molecule has 0 unspecified atom stereocenters. The standard InChI is InChI=1S/C6H4Cl3N.C6H7N/c7-3-1-4(8)6(10)5(9)2-3;7-6-4-2-1-3-5-6/h1-2H,10H2;1-5H,7H2. The molecule has 5 heteroatoms. The van der Waals surface area contributed by atoms with E-state index in [1.165, 1.54) is 0 Å². The second-order valence-corrected chi connectivity index (χ2v) is 4.44. The van der Waals surface area contributed by atoms with E-state index in [9.17, 15) is 0 Å². The molecule has 2 rings (SSSR count). The third-order valence-electron chi connectivity index (χ3n) is 1.84. The van der Waals surface area contributed by atoms with Crippen LogP contribution in [-0.2, 0) is 0 Å². The molecule has 17 heavy (non-hydrogen) atoms. The summed E-state index contributed by atoms with van der Waals surface area (Å²) in [5.74, 6) is 0. The molecule has 0 fully saturated rings. The second-order valence-electron chi connectivity index (χ2n) is 3.19. The maximum absolute atomic E-state index is 5.63. The summed E-state index contributed by atoms with van der Waals surface area (Å²) < 4.78 is 0. The van der Waals surface area contributed by atoms with E-state index in [2.05, 4.69) is 0 Å². The topological polar surface area (TPSA) is 52.0 Å². The van der Waals surface area contributed by atoms with Crippen molar-refractivity contribution in [3.05, 3.63) is 57.5 Å². The minimum Gasteiger partial charge on any atom is -0.399 e. The third kappa shape index (κ3) is 4.73. The van der Waals surface area contributed by atoms with Crippen LogP contribution in [0.15, 0.2) is 42.5 Å². The number of hydrogen-bond acceptors (Lipinski definition) is 2. The zero-order valence-electron chi connectivity index (χ0n) is 8.83. The number of halogens is 3. The molecule has 4 N–H and O–H groups in total. The molecule has 2 nitrogen and oxygen atoms in total. The molecule has 0 aromatic heterocycles. The summed E-state index contributed by atoms with van der Waals surface area (Å²) in [6.07, 6.45) is 0. The largest absolute Gasteiger partial charge is 0.399 e. The van der Waals surface area contributed by atoms with E-state index in [4.69, 9.17) is 46.3 Å². The van der Waals surface area contributed by atoms with Crippen molar-refractivity contribution >= 4 is 46.2 Å². The zero-order valence-corrected chi connectivity index (χ0v) is 11.1. The van der Waals surface area contributed by atoms with Crippen molar-refractivity contribution in [3.63, 3.8) is 0 Å². The van der Waals surface area contributed by atoms with E-state index in [0.717, 1.165) is 5.69 Å². The van der Waals surface area contributed by atoms with Gasteiger partial charge in [0.25, 0.3) is 0 Å². The highest BCUT2D eigenvalue weighted by atomic mass is 35.5. The number of nitrogen functional groups attached to an aromatic ring is 2. The summed E-state index contributed by atoms with van der Waals surface area (Å²) in [4.78, 5) is 0. The Kier molecular flexibility index (Phi) is 5.42. The number of hydrogen-bond donors (Lipinski definition) is 2. The molecular weight excluding hydrogens is 279 g/mol. The average Bonchev–Trinajstić information content (AvgIpc) is 2.27. The van der Waals surface area contributed by atoms with Crippen LogP contribution in [0.1, 0.15) is 0 Å². The Morgan fingerprint density at radius 2 is 1.24 bits per heavy atom. The first kappa shape index (κ1) is 14.0. The molecule has 0 radical (unpaired) electrons. The zero-order chi connectivity index (χ0) is 12.8. The lowest BCUT2D eigenvalue weighted by atomic mass is 10.3. The van der Waals surface area contributed by atoms with Gasteiger partial charge in [-0.1, -0.05) is 53.0 Å². The van der Waals surface area contributed by atoms with Crippen molar-refractivity contribution in [2.45, 2.75) is 0 Å². The third-order valence-corrected chi connectivity index (χ3v) is 2.69. The Labute approximate surface area is 115 Å². The van der Waals surface area contributed by atoms with Gasteiger partial charge in [-0.25, -0.2) is 0 Å². The fourth-order valence-corrected chi connectivity index (χ4v) is 1.82. The van der Waals surface area contributed by atoms with Crippen LogP contribution in [0.25, 0.3) is 0 Å². The first-order valence-corrected chi connectivity index (χ1v) is 5.84. The first-order valence-electron chi connectivity index (χ1n) is 4.71. The van der Waals surface area contributed by atoms with Crippen molar-refractivity contribution < 1.29 is 0 Å². The molecule has 0 saturated carbocycles. The van der Waals surface area contributed by atoms with E-state index >= 15 is 0 Å². The van der Waals surface area contributed by atoms with Gasteiger partial charge in [-0.15, -0.1) is 0 Å². The molecular formula is C12H11Cl3N2. The van der Waals surface area contributed by atoms with Gasteiger partial charge < -0.3 is 11.5 Å². The Morgan fingerprint density at radius 3 is 1.59 bits per heavy atom. The van der Waals surface area contributed by atoms with Crippen molar-refractivity contribution in [1.82, 2.24) is 0 Å². The Balaban J connectivity index is 0.000000181. The average molecular weight is 290 g/mol. The smallest absolute Gasteiger partial charge is 0.0693 e. The lowest BCUT2D eigenvalue weighted by Crippen LogP contribution is -1.86. The summed E-state index contributed by atoms with van der Waals surface area (Å²) in [6.45, 7) is 0. The minimum absolute atomic E-state index is 0.368. The van der Waals surface area contributed by atoms with Crippen LogP contribution < -0.4 is 11.5 Å².